The van der Waals surface area contributed by atoms with Crippen molar-refractivity contribution in [3.05, 3.63) is 48.6 Å². The number of hydrogen-bond acceptors (Lipinski definition) is 6. The molecule has 1 atom stereocenters. The fourth-order valence-corrected chi connectivity index (χ4v) is 10.6. The zero-order valence-corrected chi connectivity index (χ0v) is 53.2. The highest BCUT2D eigenvalue weighted by Crippen LogP contribution is 2.19. The van der Waals surface area contributed by atoms with Gasteiger partial charge in [-0.05, 0) is 57.8 Å². The lowest BCUT2D eigenvalue weighted by Crippen LogP contribution is -2.30. The van der Waals surface area contributed by atoms with Crippen LogP contribution in [0.1, 0.15) is 380 Å². The molecule has 0 bridgehead atoms. The molecule has 6 heteroatoms. The molecule has 462 valence electrons. The van der Waals surface area contributed by atoms with Crippen LogP contribution in [0.5, 0.6) is 0 Å². The summed E-state index contributed by atoms with van der Waals surface area (Å²) in [6.07, 6.45) is 86.0. The van der Waals surface area contributed by atoms with Crippen molar-refractivity contribution >= 4 is 17.9 Å². The second kappa shape index (κ2) is 67.9. The predicted molar refractivity (Wildman–Crippen MR) is 344 cm³/mol. The molecule has 0 saturated heterocycles. The summed E-state index contributed by atoms with van der Waals surface area (Å²) in [5.41, 5.74) is 0. The number of carbonyl (C=O) groups is 3. The van der Waals surface area contributed by atoms with Crippen molar-refractivity contribution in [2.75, 3.05) is 13.2 Å². The average molecular weight is 1110 g/mol. The van der Waals surface area contributed by atoms with Crippen LogP contribution in [0.2, 0.25) is 0 Å². The van der Waals surface area contributed by atoms with Gasteiger partial charge in [-0.1, -0.05) is 352 Å². The van der Waals surface area contributed by atoms with E-state index in [1.807, 2.05) is 0 Å². The molecule has 0 aliphatic rings. The molecule has 0 rings (SSSR count). The second-order valence-corrected chi connectivity index (χ2v) is 23.8. The Balaban J connectivity index is 4.05. The summed E-state index contributed by atoms with van der Waals surface area (Å²) in [6, 6.07) is 0. The van der Waals surface area contributed by atoms with Crippen LogP contribution in [-0.4, -0.2) is 37.2 Å². The van der Waals surface area contributed by atoms with E-state index in [-0.39, 0.29) is 31.1 Å². The lowest BCUT2D eigenvalue weighted by Gasteiger charge is -2.18. The smallest absolute Gasteiger partial charge is 0.306 e. The first-order chi connectivity index (χ1) is 39.0. The maximum absolute atomic E-state index is 12.9. The number of esters is 3. The van der Waals surface area contributed by atoms with Gasteiger partial charge in [-0.2, -0.15) is 0 Å². The second-order valence-electron chi connectivity index (χ2n) is 23.8. The molecule has 79 heavy (non-hydrogen) atoms. The summed E-state index contributed by atoms with van der Waals surface area (Å²) in [5.74, 6) is -0.855. The van der Waals surface area contributed by atoms with Gasteiger partial charge in [0.05, 0.1) is 0 Å². The van der Waals surface area contributed by atoms with Crippen LogP contribution in [0.4, 0.5) is 0 Å². The first-order valence-corrected chi connectivity index (χ1v) is 35.1. The van der Waals surface area contributed by atoms with Crippen molar-refractivity contribution in [1.29, 1.82) is 0 Å². The predicted octanol–water partition coefficient (Wildman–Crippen LogP) is 24.1. The minimum absolute atomic E-state index is 0.0698. The summed E-state index contributed by atoms with van der Waals surface area (Å²) in [4.78, 5) is 38.2. The standard InChI is InChI=1S/C73H134O6/c1-4-7-10-13-16-19-21-23-25-27-29-31-33-34-35-36-37-38-39-41-42-44-46-48-50-52-54-57-60-63-66-72(75)78-69-70(68-77-71(74)65-62-59-56-18-15-12-9-6-3)79-73(76)67-64-61-58-55-53-51-49-47-45-43-40-32-30-28-26-24-22-20-17-14-11-8-5-2/h8,11,17,20,24,26,30,32,70H,4-7,9-10,12-16,18-19,21-23,25,27-29,31,33-69H2,1-3H3/b11-8-,20-17-,26-24-,32-30-. The van der Waals surface area contributed by atoms with E-state index >= 15 is 0 Å². The quantitative estimate of drug-likeness (QED) is 0.0261. The van der Waals surface area contributed by atoms with E-state index in [4.69, 9.17) is 14.2 Å². The largest absolute Gasteiger partial charge is 0.462 e. The highest BCUT2D eigenvalue weighted by molar-refractivity contribution is 5.71. The Morgan fingerprint density at radius 3 is 0.772 bits per heavy atom. The molecular formula is C73H134O6. The Morgan fingerprint density at radius 2 is 0.494 bits per heavy atom. The van der Waals surface area contributed by atoms with Crippen molar-refractivity contribution < 1.29 is 28.6 Å². The molecule has 0 amide bonds. The Kier molecular flexibility index (Phi) is 65.6. The molecule has 0 aromatic heterocycles. The van der Waals surface area contributed by atoms with Gasteiger partial charge < -0.3 is 14.2 Å². The number of allylic oxidation sites excluding steroid dienone is 8. The van der Waals surface area contributed by atoms with Gasteiger partial charge in [-0.25, -0.2) is 0 Å². The van der Waals surface area contributed by atoms with Crippen LogP contribution >= 0.6 is 0 Å². The molecular weight excluding hydrogens is 973 g/mol. The van der Waals surface area contributed by atoms with Gasteiger partial charge in [0.15, 0.2) is 6.10 Å². The molecule has 0 aliphatic carbocycles. The maximum Gasteiger partial charge on any atom is 0.306 e. The number of unbranched alkanes of at least 4 members (excludes halogenated alkanes) is 46. The number of ether oxygens (including phenoxy) is 3. The molecule has 0 aromatic rings. The van der Waals surface area contributed by atoms with Crippen molar-refractivity contribution in [3.63, 3.8) is 0 Å². The van der Waals surface area contributed by atoms with Crippen molar-refractivity contribution in [2.24, 2.45) is 0 Å². The minimum Gasteiger partial charge on any atom is -0.462 e. The molecule has 6 nitrogen and oxygen atoms in total. The van der Waals surface area contributed by atoms with Crippen LogP contribution in [0.25, 0.3) is 0 Å². The molecule has 0 spiro atoms. The van der Waals surface area contributed by atoms with E-state index in [1.54, 1.807) is 0 Å². The molecule has 0 saturated carbocycles. The van der Waals surface area contributed by atoms with Crippen molar-refractivity contribution in [2.45, 2.75) is 386 Å². The van der Waals surface area contributed by atoms with Crippen LogP contribution in [0.15, 0.2) is 48.6 Å². The van der Waals surface area contributed by atoms with Crippen molar-refractivity contribution in [1.82, 2.24) is 0 Å². The van der Waals surface area contributed by atoms with Gasteiger partial charge in [-0.15, -0.1) is 0 Å². The highest BCUT2D eigenvalue weighted by atomic mass is 16.6. The third-order valence-corrected chi connectivity index (χ3v) is 15.8. The Labute approximate surface area is 492 Å². The molecule has 0 heterocycles. The van der Waals surface area contributed by atoms with Crippen LogP contribution in [0, 0.1) is 0 Å². The highest BCUT2D eigenvalue weighted by Gasteiger charge is 2.19. The Bertz CT molecular complexity index is 1360. The van der Waals surface area contributed by atoms with Gasteiger partial charge in [0.2, 0.25) is 0 Å². The van der Waals surface area contributed by atoms with Gasteiger partial charge in [-0.3, -0.25) is 14.4 Å². The monoisotopic (exact) mass is 1110 g/mol. The summed E-state index contributed by atoms with van der Waals surface area (Å²) in [5, 5.41) is 0. The van der Waals surface area contributed by atoms with Crippen LogP contribution in [0.3, 0.4) is 0 Å². The zero-order chi connectivity index (χ0) is 57.1. The van der Waals surface area contributed by atoms with Crippen molar-refractivity contribution in [3.8, 4) is 0 Å². The van der Waals surface area contributed by atoms with E-state index in [9.17, 15) is 14.4 Å². The van der Waals surface area contributed by atoms with Gasteiger partial charge in [0.25, 0.3) is 0 Å². The number of hydrogen-bond donors (Lipinski definition) is 0. The number of carbonyl (C=O) groups excluding carboxylic acids is 3. The molecule has 0 fully saturated rings. The van der Waals surface area contributed by atoms with E-state index in [2.05, 4.69) is 69.4 Å². The van der Waals surface area contributed by atoms with E-state index in [1.165, 1.54) is 257 Å². The minimum atomic E-state index is -0.772. The van der Waals surface area contributed by atoms with Crippen LogP contribution in [-0.2, 0) is 28.6 Å². The molecule has 0 radical (unpaired) electrons. The third-order valence-electron chi connectivity index (χ3n) is 15.8. The van der Waals surface area contributed by atoms with Crippen LogP contribution < -0.4 is 0 Å². The molecule has 1 unspecified atom stereocenters. The van der Waals surface area contributed by atoms with Gasteiger partial charge in [0.1, 0.15) is 13.2 Å². The fourth-order valence-electron chi connectivity index (χ4n) is 10.6. The van der Waals surface area contributed by atoms with E-state index in [0.717, 1.165) is 83.5 Å². The van der Waals surface area contributed by atoms with E-state index < -0.39 is 6.10 Å². The topological polar surface area (TPSA) is 78.9 Å². The zero-order valence-electron chi connectivity index (χ0n) is 53.2. The summed E-state index contributed by atoms with van der Waals surface area (Å²) < 4.78 is 16.9. The molecule has 0 N–H and O–H groups in total. The Hall–Kier alpha value is -2.63. The molecule has 0 aromatic carbocycles. The van der Waals surface area contributed by atoms with Gasteiger partial charge >= 0.3 is 17.9 Å². The normalized spacial score (nSPS) is 12.3. The van der Waals surface area contributed by atoms with E-state index in [0.29, 0.717) is 19.3 Å². The Morgan fingerprint density at radius 1 is 0.266 bits per heavy atom. The summed E-state index contributed by atoms with van der Waals surface area (Å²) in [6.45, 7) is 6.56. The van der Waals surface area contributed by atoms with Gasteiger partial charge in [0, 0.05) is 19.3 Å². The first-order valence-electron chi connectivity index (χ1n) is 35.1. The maximum atomic E-state index is 12.9. The number of rotatable bonds is 65. The SMILES string of the molecule is CC/C=C\C/C=C\C/C=C\C/C=C\CCCCCCCCCCCCC(=O)OC(COC(=O)CCCCCCCCCC)COC(=O)CCCCCCCCCCCCCCCCCCCCCCCCCCCCCCCC. The molecule has 0 aliphatic heterocycles. The fraction of sp³-hybridized carbons (Fsp3) is 0.849. The summed E-state index contributed by atoms with van der Waals surface area (Å²) >= 11 is 0. The average Bonchev–Trinajstić information content (AvgIpc) is 3.45. The third kappa shape index (κ3) is 66.1. The lowest BCUT2D eigenvalue weighted by atomic mass is 10.0. The first kappa shape index (κ1) is 76.4. The summed E-state index contributed by atoms with van der Waals surface area (Å²) in [7, 11) is 0. The lowest BCUT2D eigenvalue weighted by molar-refractivity contribution is -0.167.